The van der Waals surface area contributed by atoms with Gasteiger partial charge in [0.1, 0.15) is 10.8 Å². The highest BCUT2D eigenvalue weighted by Gasteiger charge is 2.12. The van der Waals surface area contributed by atoms with Gasteiger partial charge in [0.15, 0.2) is 0 Å². The largest absolute Gasteiger partial charge is 0.320 e. The topological polar surface area (TPSA) is 30.7 Å². The van der Waals surface area contributed by atoms with E-state index in [1.165, 1.54) is 5.56 Å². The Bertz CT molecular complexity index is 673. The lowest BCUT2D eigenvalue weighted by Crippen LogP contribution is -2.04. The van der Waals surface area contributed by atoms with E-state index in [2.05, 4.69) is 27.5 Å². The lowest BCUT2D eigenvalue weighted by Gasteiger charge is -2.07. The molecule has 0 aliphatic heterocycles. The first-order valence-corrected chi connectivity index (χ1v) is 7.10. The molecule has 3 nitrogen and oxygen atoms in total. The fourth-order valence-electron chi connectivity index (χ4n) is 2.15. The first kappa shape index (κ1) is 11.7. The number of aryl methyl sites for hydroxylation is 1. The third-order valence-corrected chi connectivity index (χ3v) is 3.95. The van der Waals surface area contributed by atoms with Gasteiger partial charge in [0.25, 0.3) is 0 Å². The number of rotatable bonds is 3. The van der Waals surface area contributed by atoms with Crippen LogP contribution in [0.15, 0.2) is 29.8 Å². The van der Waals surface area contributed by atoms with E-state index in [9.17, 15) is 0 Å². The number of halogens is 1. The van der Waals surface area contributed by atoms with E-state index in [-0.39, 0.29) is 0 Å². The summed E-state index contributed by atoms with van der Waals surface area (Å²) < 4.78 is 2.16. The minimum absolute atomic E-state index is 0.416. The van der Waals surface area contributed by atoms with Gasteiger partial charge in [-0.25, -0.2) is 9.97 Å². The maximum Gasteiger partial charge on any atom is 0.125 e. The summed E-state index contributed by atoms with van der Waals surface area (Å²) in [4.78, 5) is 8.91. The zero-order valence-corrected chi connectivity index (χ0v) is 11.5. The van der Waals surface area contributed by atoms with Crippen LogP contribution in [0.25, 0.3) is 11.0 Å². The van der Waals surface area contributed by atoms with Gasteiger partial charge in [-0.1, -0.05) is 12.1 Å². The number of aromatic nitrogens is 3. The van der Waals surface area contributed by atoms with E-state index in [1.54, 1.807) is 11.3 Å². The zero-order valence-electron chi connectivity index (χ0n) is 9.93. The minimum atomic E-state index is 0.416. The third-order valence-electron chi connectivity index (χ3n) is 2.94. The van der Waals surface area contributed by atoms with Crippen LogP contribution in [0.5, 0.6) is 0 Å². The first-order valence-electron chi connectivity index (χ1n) is 5.68. The maximum absolute atomic E-state index is 6.00. The summed E-state index contributed by atoms with van der Waals surface area (Å²) in [5.41, 5.74) is 3.37. The molecule has 0 bridgehead atoms. The fraction of sp³-hybridized carbons (Fsp3) is 0.231. The van der Waals surface area contributed by atoms with Crippen molar-refractivity contribution in [2.45, 2.75) is 19.3 Å². The molecule has 5 heteroatoms. The summed E-state index contributed by atoms with van der Waals surface area (Å²) in [7, 11) is 0. The van der Waals surface area contributed by atoms with Crippen LogP contribution in [0.2, 0.25) is 0 Å². The molecule has 0 radical (unpaired) electrons. The summed E-state index contributed by atoms with van der Waals surface area (Å²) >= 11 is 7.65. The number of para-hydroxylation sites is 1. The second-order valence-corrected chi connectivity index (χ2v) is 5.36. The van der Waals surface area contributed by atoms with Gasteiger partial charge in [-0.2, -0.15) is 0 Å². The Kier molecular flexibility index (Phi) is 3.06. The number of imidazole rings is 1. The normalized spacial score (nSPS) is 11.2. The molecule has 92 valence electrons. The number of fused-ring (bicyclic) bond motifs is 1. The molecule has 0 saturated heterocycles. The smallest absolute Gasteiger partial charge is 0.125 e. The third kappa shape index (κ3) is 1.91. The highest BCUT2D eigenvalue weighted by atomic mass is 35.5. The maximum atomic E-state index is 6.00. The molecule has 0 aliphatic rings. The van der Waals surface area contributed by atoms with E-state index >= 15 is 0 Å². The Morgan fingerprint density at radius 3 is 3.00 bits per heavy atom. The standard InChI is InChI=1S/C13H12ClN3S/c1-9-3-2-4-10-13(9)17(11(7-14)16-10)8-12-15-5-6-18-12/h2-6H,7-8H2,1H3. The lowest BCUT2D eigenvalue weighted by molar-refractivity contribution is 0.771. The number of benzene rings is 1. The molecule has 3 rings (SSSR count). The molecule has 0 N–H and O–H groups in total. The van der Waals surface area contributed by atoms with Crippen molar-refractivity contribution in [3.8, 4) is 0 Å². The van der Waals surface area contributed by atoms with E-state index in [0.717, 1.165) is 28.4 Å². The van der Waals surface area contributed by atoms with Crippen molar-refractivity contribution in [3.63, 3.8) is 0 Å². The van der Waals surface area contributed by atoms with Crippen LogP contribution in [-0.4, -0.2) is 14.5 Å². The van der Waals surface area contributed by atoms with Gasteiger partial charge in [0, 0.05) is 11.6 Å². The van der Waals surface area contributed by atoms with Crippen molar-refractivity contribution in [2.75, 3.05) is 0 Å². The van der Waals surface area contributed by atoms with Crippen molar-refractivity contribution in [1.29, 1.82) is 0 Å². The zero-order chi connectivity index (χ0) is 12.5. The quantitative estimate of drug-likeness (QED) is 0.685. The van der Waals surface area contributed by atoms with E-state index < -0.39 is 0 Å². The molecule has 0 aliphatic carbocycles. The van der Waals surface area contributed by atoms with Crippen molar-refractivity contribution in [2.24, 2.45) is 0 Å². The average Bonchev–Trinajstić information content (AvgIpc) is 2.98. The van der Waals surface area contributed by atoms with Crippen LogP contribution in [-0.2, 0) is 12.4 Å². The van der Waals surface area contributed by atoms with E-state index in [0.29, 0.717) is 5.88 Å². The van der Waals surface area contributed by atoms with Gasteiger partial charge in [-0.15, -0.1) is 22.9 Å². The second kappa shape index (κ2) is 4.71. The lowest BCUT2D eigenvalue weighted by atomic mass is 10.2. The first-order chi connectivity index (χ1) is 8.79. The van der Waals surface area contributed by atoms with Crippen molar-refractivity contribution < 1.29 is 0 Å². The second-order valence-electron chi connectivity index (χ2n) is 4.12. The molecular formula is C13H12ClN3S. The molecule has 0 fully saturated rings. The number of nitrogens with zero attached hydrogens (tertiary/aromatic N) is 3. The van der Waals surface area contributed by atoms with Crippen LogP contribution >= 0.6 is 22.9 Å². The molecule has 2 aromatic heterocycles. The highest BCUT2D eigenvalue weighted by Crippen LogP contribution is 2.22. The molecule has 0 unspecified atom stereocenters. The number of hydrogen-bond acceptors (Lipinski definition) is 3. The number of hydrogen-bond donors (Lipinski definition) is 0. The van der Waals surface area contributed by atoms with Gasteiger partial charge < -0.3 is 4.57 Å². The Hall–Kier alpha value is -1.39. The van der Waals surface area contributed by atoms with Gasteiger partial charge in [0.2, 0.25) is 0 Å². The highest BCUT2D eigenvalue weighted by molar-refractivity contribution is 7.09. The molecule has 0 saturated carbocycles. The summed E-state index contributed by atoms with van der Waals surface area (Å²) in [6.45, 7) is 2.83. The molecule has 2 heterocycles. The molecular weight excluding hydrogens is 266 g/mol. The van der Waals surface area contributed by atoms with Gasteiger partial charge in [-0.3, -0.25) is 0 Å². The molecule has 18 heavy (non-hydrogen) atoms. The Balaban J connectivity index is 2.19. The summed E-state index contributed by atoms with van der Waals surface area (Å²) in [6.07, 6.45) is 1.83. The van der Waals surface area contributed by atoms with E-state index in [4.69, 9.17) is 11.6 Å². The molecule has 0 atom stereocenters. The predicted octanol–water partition coefficient (Wildman–Crippen LogP) is 3.59. The fourth-order valence-corrected chi connectivity index (χ4v) is 2.96. The predicted molar refractivity (Wildman–Crippen MR) is 75.2 cm³/mol. The van der Waals surface area contributed by atoms with Crippen LogP contribution in [0.1, 0.15) is 16.4 Å². The Morgan fingerprint density at radius 2 is 2.28 bits per heavy atom. The average molecular weight is 278 g/mol. The molecule has 1 aromatic carbocycles. The van der Waals surface area contributed by atoms with Crippen molar-refractivity contribution in [1.82, 2.24) is 14.5 Å². The summed E-state index contributed by atoms with van der Waals surface area (Å²) in [5, 5.41) is 3.06. The van der Waals surface area contributed by atoms with Crippen molar-refractivity contribution in [3.05, 3.63) is 46.2 Å². The SMILES string of the molecule is Cc1cccc2nc(CCl)n(Cc3nccs3)c12. The van der Waals surface area contributed by atoms with Crippen molar-refractivity contribution >= 4 is 34.0 Å². The molecule has 0 amide bonds. The number of thiazole rings is 1. The van der Waals surface area contributed by atoms with Crippen LogP contribution in [0.4, 0.5) is 0 Å². The number of alkyl halides is 1. The minimum Gasteiger partial charge on any atom is -0.320 e. The van der Waals surface area contributed by atoms with E-state index in [1.807, 2.05) is 23.7 Å². The van der Waals surface area contributed by atoms with Gasteiger partial charge in [0.05, 0.1) is 23.5 Å². The van der Waals surface area contributed by atoms with Crippen LogP contribution in [0, 0.1) is 6.92 Å². The van der Waals surface area contributed by atoms with Gasteiger partial charge in [-0.05, 0) is 18.6 Å². The molecule has 3 aromatic rings. The summed E-state index contributed by atoms with van der Waals surface area (Å²) in [6, 6.07) is 6.15. The molecule has 0 spiro atoms. The summed E-state index contributed by atoms with van der Waals surface area (Å²) in [5.74, 6) is 1.32. The van der Waals surface area contributed by atoms with Crippen LogP contribution < -0.4 is 0 Å². The van der Waals surface area contributed by atoms with Crippen LogP contribution in [0.3, 0.4) is 0 Å². The Morgan fingerprint density at radius 1 is 1.39 bits per heavy atom. The Labute approximate surface area is 114 Å². The monoisotopic (exact) mass is 277 g/mol. The van der Waals surface area contributed by atoms with Gasteiger partial charge >= 0.3 is 0 Å².